The number of hydrogen-bond donors (Lipinski definition) is 3. The van der Waals surface area contributed by atoms with E-state index in [1.165, 1.54) is 12.1 Å². The first-order chi connectivity index (χ1) is 19.6. The number of carbonyl (C=O) groups is 3. The Morgan fingerprint density at radius 3 is 2.27 bits per heavy atom. The first-order valence-electron chi connectivity index (χ1n) is 13.2. The number of oxazole rings is 1. The van der Waals surface area contributed by atoms with Crippen LogP contribution in [0.15, 0.2) is 59.0 Å². The van der Waals surface area contributed by atoms with Crippen molar-refractivity contribution in [3.8, 4) is 11.5 Å². The molecule has 13 heteroatoms. The maximum absolute atomic E-state index is 13.6. The van der Waals surface area contributed by atoms with Gasteiger partial charge in [-0.05, 0) is 49.2 Å². The monoisotopic (exact) mass is 571 g/mol. The van der Waals surface area contributed by atoms with Crippen molar-refractivity contribution in [2.75, 3.05) is 36.4 Å². The lowest BCUT2D eigenvalue weighted by atomic mass is 10.0. The molecule has 0 spiro atoms. The first kappa shape index (κ1) is 28.0. The van der Waals surface area contributed by atoms with Crippen LogP contribution in [0.1, 0.15) is 35.5 Å². The fourth-order valence-electron chi connectivity index (χ4n) is 5.16. The molecule has 5 rings (SSSR count). The summed E-state index contributed by atoms with van der Waals surface area (Å²) in [5.41, 5.74) is 0.538. The predicted octanol–water partition coefficient (Wildman–Crippen LogP) is 4.70. The van der Waals surface area contributed by atoms with Crippen LogP contribution in [-0.2, 0) is 11.0 Å². The number of carboxylic acid groups (broad SMARTS) is 1. The van der Waals surface area contributed by atoms with Gasteiger partial charge >= 0.3 is 18.2 Å². The molecule has 2 atom stereocenters. The third kappa shape index (κ3) is 6.28. The molecule has 3 N–H and O–H groups in total. The van der Waals surface area contributed by atoms with Crippen LogP contribution in [0.3, 0.4) is 0 Å². The molecule has 3 aromatic rings. The minimum absolute atomic E-state index is 0.276. The normalized spacial score (nSPS) is 19.2. The molecule has 1 unspecified atom stereocenters. The molecule has 1 aromatic heterocycles. The van der Waals surface area contributed by atoms with E-state index in [2.05, 4.69) is 15.6 Å². The summed E-state index contributed by atoms with van der Waals surface area (Å²) >= 11 is 0. The Balaban J connectivity index is 1.19. The maximum Gasteiger partial charge on any atom is 0.452 e. The van der Waals surface area contributed by atoms with Crippen molar-refractivity contribution in [2.45, 2.75) is 31.5 Å². The van der Waals surface area contributed by atoms with Crippen LogP contribution in [-0.4, -0.2) is 65.1 Å². The summed E-state index contributed by atoms with van der Waals surface area (Å²) in [5, 5.41) is 14.6. The van der Waals surface area contributed by atoms with Crippen molar-refractivity contribution in [3.63, 3.8) is 0 Å². The number of hydrogen-bond acceptors (Lipinski definition) is 6. The Hall–Kier alpha value is -4.55. The number of anilines is 2. The van der Waals surface area contributed by atoms with E-state index in [0.29, 0.717) is 44.6 Å². The lowest BCUT2D eigenvalue weighted by Gasteiger charge is -2.36. The van der Waals surface area contributed by atoms with Crippen LogP contribution < -0.4 is 15.5 Å². The minimum atomic E-state index is -4.91. The van der Waals surface area contributed by atoms with Crippen LogP contribution in [0.25, 0.3) is 11.5 Å². The number of piperazine rings is 1. The second kappa shape index (κ2) is 11.5. The Labute approximate surface area is 233 Å². The number of carboxylic acids is 1. The van der Waals surface area contributed by atoms with E-state index in [4.69, 9.17) is 4.42 Å². The van der Waals surface area contributed by atoms with Crippen LogP contribution in [0.5, 0.6) is 0 Å². The second-order valence-electron chi connectivity index (χ2n) is 9.97. The largest absolute Gasteiger partial charge is 0.481 e. The molecule has 3 amide bonds. The number of alkyl halides is 3. The highest BCUT2D eigenvalue weighted by Crippen LogP contribution is 2.35. The number of nitrogens with one attached hydrogen (secondary N) is 2. The van der Waals surface area contributed by atoms with Gasteiger partial charge in [0, 0.05) is 49.2 Å². The van der Waals surface area contributed by atoms with Crippen LogP contribution in [0.4, 0.5) is 29.3 Å². The average molecular weight is 572 g/mol. The summed E-state index contributed by atoms with van der Waals surface area (Å²) in [5.74, 6) is -4.29. The zero-order valence-corrected chi connectivity index (χ0v) is 21.9. The Kier molecular flexibility index (Phi) is 7.86. The standard InChI is InChI=1S/C28H28F3N5O5/c29-28(30,31)23-22(34-25(41-23)17-5-2-1-3-6-17)24(37)32-18-9-11-19(12-10-18)35-13-15-36(16-14-35)27(40)33-21-8-4-7-20(21)26(38)39/h1-3,5-6,9-12,20-21H,4,7-8,13-16H2,(H,32,37)(H,33,40)(H,38,39)/t20-,21?/m0/s1. The number of aliphatic carboxylic acids is 1. The van der Waals surface area contributed by atoms with Gasteiger partial charge in [-0.2, -0.15) is 13.2 Å². The van der Waals surface area contributed by atoms with Gasteiger partial charge in [-0.15, -0.1) is 0 Å². The molecule has 2 heterocycles. The number of nitrogens with zero attached hydrogens (tertiary/aromatic N) is 3. The van der Waals surface area contributed by atoms with Crippen LogP contribution in [0, 0.1) is 5.92 Å². The third-order valence-electron chi connectivity index (χ3n) is 7.32. The molecule has 10 nitrogen and oxygen atoms in total. The SMILES string of the molecule is O=C(Nc1ccc(N2CCN(C(=O)NC3CCC[C@@H]3C(=O)O)CC2)cc1)c1nc(-c2ccccc2)oc1C(F)(F)F. The summed E-state index contributed by atoms with van der Waals surface area (Å²) in [4.78, 5) is 44.4. The summed E-state index contributed by atoms with van der Waals surface area (Å²) in [6, 6.07) is 14.0. The summed E-state index contributed by atoms with van der Waals surface area (Å²) in [6.45, 7) is 1.93. The Morgan fingerprint density at radius 1 is 0.951 bits per heavy atom. The van der Waals surface area contributed by atoms with Gasteiger partial charge in [-0.3, -0.25) is 9.59 Å². The fraction of sp³-hybridized carbons (Fsp3) is 0.357. The smallest absolute Gasteiger partial charge is 0.452 e. The van der Waals surface area contributed by atoms with Gasteiger partial charge < -0.3 is 30.0 Å². The molecule has 41 heavy (non-hydrogen) atoms. The van der Waals surface area contributed by atoms with Crippen LogP contribution in [0.2, 0.25) is 0 Å². The Bertz CT molecular complexity index is 1400. The van der Waals surface area contributed by atoms with Crippen molar-refractivity contribution in [3.05, 3.63) is 66.1 Å². The average Bonchev–Trinajstić information content (AvgIpc) is 3.62. The summed E-state index contributed by atoms with van der Waals surface area (Å²) in [6.07, 6.45) is -2.94. The van der Waals surface area contributed by atoms with Gasteiger partial charge in [0.1, 0.15) is 0 Å². The van der Waals surface area contributed by atoms with Gasteiger partial charge in [-0.25, -0.2) is 9.78 Å². The number of benzene rings is 2. The topological polar surface area (TPSA) is 128 Å². The molecule has 1 aliphatic heterocycles. The van der Waals surface area contributed by atoms with E-state index in [-0.39, 0.29) is 23.7 Å². The van der Waals surface area contributed by atoms with E-state index in [9.17, 15) is 32.7 Å². The predicted molar refractivity (Wildman–Crippen MR) is 142 cm³/mol. The van der Waals surface area contributed by atoms with Crippen molar-refractivity contribution in [2.24, 2.45) is 5.92 Å². The zero-order valence-electron chi connectivity index (χ0n) is 21.9. The summed E-state index contributed by atoms with van der Waals surface area (Å²) < 4.78 is 45.7. The van der Waals surface area contributed by atoms with Gasteiger partial charge in [0.15, 0.2) is 5.69 Å². The number of halogens is 3. The van der Waals surface area contributed by atoms with Gasteiger partial charge in [0.2, 0.25) is 11.7 Å². The molecular formula is C28H28F3N5O5. The van der Waals surface area contributed by atoms with E-state index in [0.717, 1.165) is 12.1 Å². The fourth-order valence-corrected chi connectivity index (χ4v) is 5.16. The highest BCUT2D eigenvalue weighted by Gasteiger charge is 2.42. The molecule has 0 bridgehead atoms. The van der Waals surface area contributed by atoms with E-state index >= 15 is 0 Å². The molecule has 2 aromatic carbocycles. The third-order valence-corrected chi connectivity index (χ3v) is 7.32. The van der Waals surface area contributed by atoms with E-state index in [1.54, 1.807) is 47.4 Å². The molecule has 1 saturated carbocycles. The van der Waals surface area contributed by atoms with Gasteiger partial charge in [0.25, 0.3) is 5.91 Å². The van der Waals surface area contributed by atoms with E-state index < -0.39 is 35.4 Å². The molecule has 1 aliphatic carbocycles. The second-order valence-corrected chi connectivity index (χ2v) is 9.97. The number of rotatable bonds is 6. The van der Waals surface area contributed by atoms with Crippen molar-refractivity contribution in [1.29, 1.82) is 0 Å². The lowest BCUT2D eigenvalue weighted by molar-refractivity contribution is -0.153. The number of amides is 3. The van der Waals surface area contributed by atoms with Crippen LogP contribution >= 0.6 is 0 Å². The van der Waals surface area contributed by atoms with Crippen molar-refractivity contribution < 1.29 is 37.1 Å². The Morgan fingerprint density at radius 2 is 1.63 bits per heavy atom. The van der Waals surface area contributed by atoms with Gasteiger partial charge in [-0.1, -0.05) is 24.6 Å². The number of urea groups is 1. The highest BCUT2D eigenvalue weighted by atomic mass is 19.4. The number of aromatic nitrogens is 1. The molecule has 2 fully saturated rings. The lowest BCUT2D eigenvalue weighted by Crippen LogP contribution is -2.54. The molecule has 1 saturated heterocycles. The van der Waals surface area contributed by atoms with E-state index in [1.807, 2.05) is 4.90 Å². The van der Waals surface area contributed by atoms with Crippen molar-refractivity contribution in [1.82, 2.24) is 15.2 Å². The molecule has 0 radical (unpaired) electrons. The quantitative estimate of drug-likeness (QED) is 0.391. The number of carbonyl (C=O) groups excluding carboxylic acids is 2. The van der Waals surface area contributed by atoms with Crippen molar-refractivity contribution >= 4 is 29.3 Å². The molecule has 2 aliphatic rings. The highest BCUT2D eigenvalue weighted by molar-refractivity contribution is 6.04. The minimum Gasteiger partial charge on any atom is -0.481 e. The maximum atomic E-state index is 13.6. The molecular weight excluding hydrogens is 543 g/mol. The zero-order chi connectivity index (χ0) is 29.1. The molecule has 216 valence electrons. The first-order valence-corrected chi connectivity index (χ1v) is 13.2. The summed E-state index contributed by atoms with van der Waals surface area (Å²) in [7, 11) is 0. The van der Waals surface area contributed by atoms with Gasteiger partial charge in [0.05, 0.1) is 5.92 Å².